The average molecular weight is 1550 g/mol. The van der Waals surface area contributed by atoms with E-state index >= 15 is 0 Å². The number of aliphatic hydroxyl groups is 1. The molecule has 4 aliphatic heterocycles. The Kier molecular flexibility index (Phi) is 26.9. The minimum Gasteiger partial charge on any atom is -0.507 e. The van der Waals surface area contributed by atoms with E-state index in [-0.39, 0.29) is 111 Å². The monoisotopic (exact) mass is 1550 g/mol. The van der Waals surface area contributed by atoms with Crippen LogP contribution in [0.25, 0.3) is 21.7 Å². The predicted octanol–water partition coefficient (Wildman–Crippen LogP) is 7.03. The molecule has 4 aliphatic rings. The number of aromatic hydroxyl groups is 1. The number of carbonyl (C=O) groups is 7. The zero-order valence-electron chi connectivity index (χ0n) is 63.2. The summed E-state index contributed by atoms with van der Waals surface area (Å²) in [5, 5.41) is 56.0. The Morgan fingerprint density at radius 1 is 0.827 bits per heavy atom. The van der Waals surface area contributed by atoms with Gasteiger partial charge in [0, 0.05) is 88.1 Å². The zero-order valence-corrected chi connectivity index (χ0v) is 64.8. The van der Waals surface area contributed by atoms with E-state index in [0.717, 1.165) is 60.4 Å². The van der Waals surface area contributed by atoms with Crippen molar-refractivity contribution >= 4 is 80.0 Å². The number of piperidine rings is 1. The number of aryl methyl sites for hydroxylation is 2. The van der Waals surface area contributed by atoms with Crippen molar-refractivity contribution in [1.29, 1.82) is 0 Å². The molecule has 7 aromatic rings. The fraction of sp³-hybridized carbons (Fsp3) is 0.513. The fourth-order valence-electron chi connectivity index (χ4n) is 14.6. The number of anilines is 3. The lowest BCUT2D eigenvalue weighted by Crippen LogP contribution is -2.66. The minimum absolute atomic E-state index is 0.00414. The van der Waals surface area contributed by atoms with Crippen LogP contribution in [0.4, 0.5) is 26.8 Å². The van der Waals surface area contributed by atoms with E-state index in [1.54, 1.807) is 84.7 Å². The van der Waals surface area contributed by atoms with Crippen LogP contribution < -0.4 is 46.9 Å². The number of phenols is 1. The number of primary amides is 1. The molecule has 9 N–H and O–H groups in total. The van der Waals surface area contributed by atoms with Gasteiger partial charge in [-0.25, -0.2) is 23.0 Å². The van der Waals surface area contributed by atoms with E-state index in [0.29, 0.717) is 91.7 Å². The van der Waals surface area contributed by atoms with Crippen molar-refractivity contribution in [1.82, 2.24) is 66.5 Å². The first-order valence-electron chi connectivity index (χ1n) is 37.5. The highest BCUT2D eigenvalue weighted by atomic mass is 32.2. The van der Waals surface area contributed by atoms with Gasteiger partial charge in [-0.3, -0.25) is 38.7 Å². The highest BCUT2D eigenvalue weighted by molar-refractivity contribution is 7.90. The van der Waals surface area contributed by atoms with Gasteiger partial charge < -0.3 is 70.7 Å². The molecule has 34 heteroatoms. The van der Waals surface area contributed by atoms with E-state index in [9.17, 15) is 52.2 Å². The number of thiazole rings is 1. The molecule has 3 aromatic carbocycles. The van der Waals surface area contributed by atoms with Gasteiger partial charge in [-0.05, 0) is 136 Å². The molecule has 8 atom stereocenters. The van der Waals surface area contributed by atoms with Crippen LogP contribution in [0.15, 0.2) is 105 Å². The van der Waals surface area contributed by atoms with Gasteiger partial charge in [-0.15, -0.1) is 26.6 Å². The van der Waals surface area contributed by atoms with Crippen LogP contribution in [0.2, 0.25) is 0 Å². The highest BCUT2D eigenvalue weighted by Crippen LogP contribution is 2.43. The molecule has 0 radical (unpaired) electrons. The maximum Gasteiger partial charge on any atom is 0.416 e. The van der Waals surface area contributed by atoms with E-state index in [1.807, 2.05) is 70.5 Å². The summed E-state index contributed by atoms with van der Waals surface area (Å²) in [6.07, 6.45) is 3.66. The number of sulfone groups is 1. The van der Waals surface area contributed by atoms with Crippen molar-refractivity contribution in [3.8, 4) is 33.3 Å². The number of benzene rings is 3. The van der Waals surface area contributed by atoms with Crippen molar-refractivity contribution in [3.05, 3.63) is 119 Å². The van der Waals surface area contributed by atoms with Gasteiger partial charge in [-0.2, -0.15) is 0 Å². The Bertz CT molecular complexity index is 4470. The number of unbranched alkanes of at least 4 members (excludes halogenated alkanes) is 2. The van der Waals surface area contributed by atoms with Crippen LogP contribution in [-0.2, 0) is 51.6 Å². The molecule has 0 aliphatic carbocycles. The van der Waals surface area contributed by atoms with Crippen LogP contribution >= 0.6 is 11.3 Å². The lowest BCUT2D eigenvalue weighted by molar-refractivity contribution is -0.141. The molecule has 0 spiro atoms. The Balaban J connectivity index is 0.667. The first-order chi connectivity index (χ1) is 52.7. The van der Waals surface area contributed by atoms with Crippen molar-refractivity contribution in [2.45, 2.75) is 179 Å². The lowest BCUT2D eigenvalue weighted by Gasteiger charge is -2.53. The van der Waals surface area contributed by atoms with E-state index in [1.165, 1.54) is 4.90 Å². The van der Waals surface area contributed by atoms with Gasteiger partial charge in [0.05, 0.1) is 51.7 Å². The van der Waals surface area contributed by atoms with Crippen molar-refractivity contribution in [2.75, 3.05) is 80.3 Å². The van der Waals surface area contributed by atoms with Crippen molar-refractivity contribution < 1.29 is 70.6 Å². The van der Waals surface area contributed by atoms with E-state index < -0.39 is 75.2 Å². The highest BCUT2D eigenvalue weighted by Gasteiger charge is 2.47. The summed E-state index contributed by atoms with van der Waals surface area (Å²) >= 11 is 1.57. The summed E-state index contributed by atoms with van der Waals surface area (Å²) in [6, 6.07) is 20.5. The molecule has 0 saturated carbocycles. The first-order valence-corrected chi connectivity index (χ1v) is 40.2. The average Bonchev–Trinajstić information content (AvgIpc) is 0.918. The number of amides is 8. The van der Waals surface area contributed by atoms with Gasteiger partial charge in [-0.1, -0.05) is 87.7 Å². The molecule has 32 nitrogen and oxygen atoms in total. The van der Waals surface area contributed by atoms with Gasteiger partial charge in [0.2, 0.25) is 45.3 Å². The number of piperazine rings is 1. The second-order valence-electron chi connectivity index (χ2n) is 29.4. The Morgan fingerprint density at radius 2 is 1.58 bits per heavy atom. The van der Waals surface area contributed by atoms with Gasteiger partial charge in [0.25, 0.3) is 5.88 Å². The third kappa shape index (κ3) is 20.3. The first kappa shape index (κ1) is 80.8. The Labute approximate surface area is 642 Å². The number of hydrogen-bond donors (Lipinski definition) is 8. The quantitative estimate of drug-likeness (QED) is 0.0196. The number of phenolic OH excluding ortho intramolecular Hbond substituents is 1. The van der Waals surface area contributed by atoms with Crippen molar-refractivity contribution in [2.24, 2.45) is 17.6 Å². The van der Waals surface area contributed by atoms with Crippen LogP contribution in [0.1, 0.15) is 140 Å². The van der Waals surface area contributed by atoms with Crippen LogP contribution in [-0.4, -0.2) is 213 Å². The largest absolute Gasteiger partial charge is 0.507 e. The number of likely N-dealkylation sites (tertiary alicyclic amines) is 2. The Morgan fingerprint density at radius 3 is 2.27 bits per heavy atom. The molecule has 8 amide bonds. The molecular formula is C76H99N17O15S2. The molecule has 3 fully saturated rings. The van der Waals surface area contributed by atoms with Crippen LogP contribution in [0, 0.1) is 18.8 Å². The lowest BCUT2D eigenvalue weighted by atomic mass is 9.91. The minimum atomic E-state index is -3.64. The van der Waals surface area contributed by atoms with Gasteiger partial charge in [0.1, 0.15) is 43.0 Å². The SMILES string of the molecule is Cc1ncsc1-c1ccc([C@H](C)NC(=O)[C@@H]2C[C@@H](O)CN2C(=O)[C@@H](c2cc(OCCN3CCC(N4CCN5c6cc(-c7ccccc7O)nnc6N(C(=O)OCc6ccc(NC(=O)[C@H](CCCNC(N)=O)NC(=O)[C@@H](NC(=O)CCCCCc7nnc(S(C)(=O)=O)o7)C(C)C)cc6)[C@@H](C)[C@@H]5C4)CC3)no2)C(C)C)cc1. The zero-order chi connectivity index (χ0) is 78.5. The summed E-state index contributed by atoms with van der Waals surface area (Å²) in [7, 11) is -3.64. The van der Waals surface area contributed by atoms with Crippen LogP contribution in [0.3, 0.4) is 0 Å². The molecule has 8 heterocycles. The number of carbonyl (C=O) groups excluding carboxylic acids is 7. The second-order valence-corrected chi connectivity index (χ2v) is 32.1. The van der Waals surface area contributed by atoms with Gasteiger partial charge in [0.15, 0.2) is 11.6 Å². The standard InChI is InChI=1S/C76H99N17O15S2/c1-44(2)66(73(100)92-40-54(94)37-59(92)71(98)80-46(5)50-22-24-51(25-23-50)68-47(6)79-43-109-68)62-39-65(88-108-62)105-36-35-89-31-28-53(29-32-89)90-33-34-91-58-38-57(55-15-12-13-17-61(55)95)84-86-69(58)93(48(7)60(91)41-90)76(102)106-42-49-20-26-52(27-21-49)81-70(97)56(16-14-30-78-74(77)101)82-72(99)67(45(3)4)83-63(96)18-10-9-11-19-64-85-87-75(107-64)110(8,103)104/h12-13,15,17,20-27,38-39,43-46,48,53-54,56,59-60,66-67,94-95H,9-11,14,16,18-19,28-37,40-42H2,1-8H3,(H,80,98)(H,81,97)(H,82,99)(H,83,96)(H3,77,78,101)/t46-,48-,54+,56-,59-,60-,66+,67-/m0/s1. The maximum atomic E-state index is 14.6. The number of para-hydroxylation sites is 1. The summed E-state index contributed by atoms with van der Waals surface area (Å²) < 4.78 is 46.6. The normalized spacial score (nSPS) is 18.7. The number of ether oxygens (including phenoxy) is 2. The number of nitrogens with zero attached hydrogens (tertiary/aromatic N) is 11. The number of nitrogens with one attached hydrogen (secondary N) is 5. The Hall–Kier alpha value is -10.2. The van der Waals surface area contributed by atoms with E-state index in [2.05, 4.69) is 71.8 Å². The number of β-amino-alcohol motifs (C(OH)–C–C–N with tert-alkyl or cyclic N) is 1. The van der Waals surface area contributed by atoms with Crippen molar-refractivity contribution in [3.63, 3.8) is 0 Å². The third-order valence-corrected chi connectivity index (χ3v) is 22.5. The number of hydrogen-bond acceptors (Lipinski definition) is 25. The predicted molar refractivity (Wildman–Crippen MR) is 408 cm³/mol. The third-order valence-electron chi connectivity index (χ3n) is 20.7. The van der Waals surface area contributed by atoms with Crippen LogP contribution in [0.5, 0.6) is 11.6 Å². The number of urea groups is 1. The fourth-order valence-corrected chi connectivity index (χ4v) is 15.9. The summed E-state index contributed by atoms with van der Waals surface area (Å²) in [5.41, 5.74) is 12.6. The topological polar surface area (TPSA) is 419 Å². The summed E-state index contributed by atoms with van der Waals surface area (Å²) in [4.78, 5) is 111. The second kappa shape index (κ2) is 36.6. The molecule has 11 rings (SSSR count). The number of aliphatic hydroxyl groups excluding tert-OH is 1. The molecule has 3 saturated heterocycles. The molecule has 0 unspecified atom stereocenters. The smallest absolute Gasteiger partial charge is 0.416 e. The number of rotatable bonds is 32. The molecule has 0 bridgehead atoms. The summed E-state index contributed by atoms with van der Waals surface area (Å²) in [5.74, 6) is -2.56. The van der Waals surface area contributed by atoms with E-state index in [4.69, 9.17) is 24.1 Å². The summed E-state index contributed by atoms with van der Waals surface area (Å²) in [6.45, 7) is 17.7. The van der Waals surface area contributed by atoms with Gasteiger partial charge >= 0.3 is 17.3 Å². The molecular weight excluding hydrogens is 1460 g/mol. The molecule has 590 valence electrons. The maximum absolute atomic E-state index is 14.6. The number of fused-ring (bicyclic) bond motifs is 3. The molecule has 4 aromatic heterocycles. The molecule has 110 heavy (non-hydrogen) atoms. The number of aromatic nitrogens is 6. The number of nitrogens with two attached hydrogens (primary N) is 1.